The second kappa shape index (κ2) is 7.24. The maximum atomic E-state index is 5.29. The van der Waals surface area contributed by atoms with Crippen LogP contribution in [0.5, 0.6) is 5.75 Å². The number of rotatable bonds is 4. The monoisotopic (exact) mass is 377 g/mol. The molecule has 0 atom stereocenters. The molecule has 0 amide bonds. The Balaban J connectivity index is 1.77. The first kappa shape index (κ1) is 17.2. The van der Waals surface area contributed by atoms with Crippen LogP contribution in [0.4, 0.5) is 0 Å². The van der Waals surface area contributed by atoms with Crippen molar-refractivity contribution in [3.63, 3.8) is 0 Å². The Morgan fingerprint density at radius 1 is 0.690 bits per heavy atom. The topological polar surface area (TPSA) is 39.9 Å². The van der Waals surface area contributed by atoms with Gasteiger partial charge in [0, 0.05) is 28.4 Å². The minimum Gasteiger partial charge on any atom is -0.497 e. The van der Waals surface area contributed by atoms with E-state index >= 15 is 0 Å². The lowest BCUT2D eigenvalue weighted by Crippen LogP contribution is -1.99. The summed E-state index contributed by atoms with van der Waals surface area (Å²) in [7, 11) is 1.67. The Morgan fingerprint density at radius 2 is 1.34 bits per heavy atom. The first-order chi connectivity index (χ1) is 14.3. The van der Waals surface area contributed by atoms with Gasteiger partial charge in [-0.05, 0) is 30.3 Å². The SMILES string of the molecule is COc1ccc(-n2ccc3c(-c4ccccc4)nc(-c4ccccc4)nc32)cc1. The highest BCUT2D eigenvalue weighted by Gasteiger charge is 2.15. The Bertz CT molecular complexity index is 1260. The van der Waals surface area contributed by atoms with Crippen LogP contribution in [0.1, 0.15) is 0 Å². The molecule has 4 nitrogen and oxygen atoms in total. The summed E-state index contributed by atoms with van der Waals surface area (Å²) in [6.07, 6.45) is 2.04. The van der Waals surface area contributed by atoms with Crippen molar-refractivity contribution in [1.82, 2.24) is 14.5 Å². The van der Waals surface area contributed by atoms with E-state index < -0.39 is 0 Å². The number of hydrogen-bond donors (Lipinski definition) is 0. The summed E-state index contributed by atoms with van der Waals surface area (Å²) in [6.45, 7) is 0. The average Bonchev–Trinajstić information content (AvgIpc) is 3.24. The normalized spacial score (nSPS) is 10.9. The lowest BCUT2D eigenvalue weighted by atomic mass is 10.1. The van der Waals surface area contributed by atoms with Crippen LogP contribution in [-0.4, -0.2) is 21.6 Å². The van der Waals surface area contributed by atoms with Crippen LogP contribution in [0, 0.1) is 0 Å². The molecule has 0 bridgehead atoms. The fourth-order valence-corrected chi connectivity index (χ4v) is 3.50. The number of nitrogens with zero attached hydrogens (tertiary/aromatic N) is 3. The number of ether oxygens (including phenoxy) is 1. The van der Waals surface area contributed by atoms with Crippen LogP contribution in [0.3, 0.4) is 0 Å². The van der Waals surface area contributed by atoms with E-state index in [-0.39, 0.29) is 0 Å². The summed E-state index contributed by atoms with van der Waals surface area (Å²) in [4.78, 5) is 9.86. The quantitative estimate of drug-likeness (QED) is 0.400. The van der Waals surface area contributed by atoms with Gasteiger partial charge in [-0.15, -0.1) is 0 Å². The molecule has 0 saturated carbocycles. The molecule has 3 aromatic carbocycles. The zero-order valence-corrected chi connectivity index (χ0v) is 16.0. The van der Waals surface area contributed by atoms with Crippen molar-refractivity contribution in [2.75, 3.05) is 7.11 Å². The fourth-order valence-electron chi connectivity index (χ4n) is 3.50. The number of fused-ring (bicyclic) bond motifs is 1. The number of methoxy groups -OCH3 is 1. The molecule has 0 aliphatic rings. The summed E-state index contributed by atoms with van der Waals surface area (Å²) in [5, 5.41) is 1.02. The third-order valence-corrected chi connectivity index (χ3v) is 4.97. The number of aromatic nitrogens is 3. The Kier molecular flexibility index (Phi) is 4.30. The molecule has 0 N–H and O–H groups in total. The van der Waals surface area contributed by atoms with Gasteiger partial charge < -0.3 is 9.30 Å². The summed E-state index contributed by atoms with van der Waals surface area (Å²) in [5.41, 5.74) is 4.90. The highest BCUT2D eigenvalue weighted by molar-refractivity contribution is 5.93. The predicted molar refractivity (Wildman–Crippen MR) is 116 cm³/mol. The molecule has 29 heavy (non-hydrogen) atoms. The van der Waals surface area contributed by atoms with E-state index in [1.54, 1.807) is 7.11 Å². The molecule has 0 saturated heterocycles. The summed E-state index contributed by atoms with van der Waals surface area (Å²) >= 11 is 0. The molecule has 0 fully saturated rings. The van der Waals surface area contributed by atoms with E-state index in [1.807, 2.05) is 79.0 Å². The predicted octanol–water partition coefficient (Wildman–Crippen LogP) is 5.76. The van der Waals surface area contributed by atoms with Crippen molar-refractivity contribution in [1.29, 1.82) is 0 Å². The lowest BCUT2D eigenvalue weighted by molar-refractivity contribution is 0.415. The summed E-state index contributed by atoms with van der Waals surface area (Å²) in [5.74, 6) is 1.54. The molecule has 2 heterocycles. The molecule has 5 aromatic rings. The van der Waals surface area contributed by atoms with Crippen LogP contribution in [0.15, 0.2) is 97.2 Å². The molecule has 5 rings (SSSR count). The van der Waals surface area contributed by atoms with Crippen LogP contribution >= 0.6 is 0 Å². The van der Waals surface area contributed by atoms with Gasteiger partial charge in [0.25, 0.3) is 0 Å². The Morgan fingerprint density at radius 3 is 2.00 bits per heavy atom. The van der Waals surface area contributed by atoms with Crippen molar-refractivity contribution in [2.24, 2.45) is 0 Å². The van der Waals surface area contributed by atoms with Crippen molar-refractivity contribution in [3.05, 3.63) is 97.2 Å². The molecule has 0 radical (unpaired) electrons. The number of benzene rings is 3. The minimum atomic E-state index is 0.713. The van der Waals surface area contributed by atoms with Crippen molar-refractivity contribution < 1.29 is 4.74 Å². The second-order valence-corrected chi connectivity index (χ2v) is 6.75. The van der Waals surface area contributed by atoms with E-state index in [4.69, 9.17) is 14.7 Å². The molecule has 0 spiro atoms. The Labute approximate surface area is 169 Å². The summed E-state index contributed by atoms with van der Waals surface area (Å²) < 4.78 is 7.39. The van der Waals surface area contributed by atoms with Crippen LogP contribution in [0.25, 0.3) is 39.4 Å². The minimum absolute atomic E-state index is 0.713. The zero-order chi connectivity index (χ0) is 19.6. The van der Waals surface area contributed by atoms with Gasteiger partial charge in [0.1, 0.15) is 11.4 Å². The molecular weight excluding hydrogens is 358 g/mol. The third-order valence-electron chi connectivity index (χ3n) is 4.97. The van der Waals surface area contributed by atoms with Gasteiger partial charge in [0.05, 0.1) is 12.8 Å². The molecule has 4 heteroatoms. The molecule has 0 unspecified atom stereocenters. The van der Waals surface area contributed by atoms with Crippen LogP contribution in [-0.2, 0) is 0 Å². The van der Waals surface area contributed by atoms with Gasteiger partial charge >= 0.3 is 0 Å². The first-order valence-corrected chi connectivity index (χ1v) is 9.48. The lowest BCUT2D eigenvalue weighted by Gasteiger charge is -2.10. The molecule has 140 valence electrons. The maximum absolute atomic E-state index is 5.29. The maximum Gasteiger partial charge on any atom is 0.162 e. The van der Waals surface area contributed by atoms with Crippen LogP contribution in [0.2, 0.25) is 0 Å². The third kappa shape index (κ3) is 3.15. The highest BCUT2D eigenvalue weighted by atomic mass is 16.5. The van der Waals surface area contributed by atoms with E-state index in [9.17, 15) is 0 Å². The van der Waals surface area contributed by atoms with Gasteiger partial charge in [-0.25, -0.2) is 9.97 Å². The Hall–Kier alpha value is -3.92. The highest BCUT2D eigenvalue weighted by Crippen LogP contribution is 2.31. The van der Waals surface area contributed by atoms with Crippen molar-refractivity contribution in [2.45, 2.75) is 0 Å². The number of hydrogen-bond acceptors (Lipinski definition) is 3. The largest absolute Gasteiger partial charge is 0.497 e. The van der Waals surface area contributed by atoms with Crippen molar-refractivity contribution >= 4 is 11.0 Å². The van der Waals surface area contributed by atoms with Gasteiger partial charge in [-0.2, -0.15) is 0 Å². The van der Waals surface area contributed by atoms with E-state index in [0.717, 1.165) is 39.3 Å². The van der Waals surface area contributed by atoms with Crippen molar-refractivity contribution in [3.8, 4) is 34.1 Å². The zero-order valence-electron chi connectivity index (χ0n) is 16.0. The second-order valence-electron chi connectivity index (χ2n) is 6.75. The first-order valence-electron chi connectivity index (χ1n) is 9.48. The molecular formula is C25H19N3O. The molecule has 0 aliphatic carbocycles. The van der Waals surface area contributed by atoms with Gasteiger partial charge in [-0.3, -0.25) is 0 Å². The van der Waals surface area contributed by atoms with E-state index in [2.05, 4.69) is 22.8 Å². The fraction of sp³-hybridized carbons (Fsp3) is 0.0400. The molecule has 0 aliphatic heterocycles. The standard InChI is InChI=1S/C25H19N3O/c1-29-21-14-12-20(13-15-21)28-17-16-22-23(18-8-4-2-5-9-18)26-24(27-25(22)28)19-10-6-3-7-11-19/h2-17H,1H3. The summed E-state index contributed by atoms with van der Waals surface area (Å²) in [6, 6.07) is 30.4. The average molecular weight is 377 g/mol. The van der Waals surface area contributed by atoms with Gasteiger partial charge in [-0.1, -0.05) is 60.7 Å². The van der Waals surface area contributed by atoms with E-state index in [1.165, 1.54) is 0 Å². The smallest absolute Gasteiger partial charge is 0.162 e. The van der Waals surface area contributed by atoms with Gasteiger partial charge in [0.15, 0.2) is 5.82 Å². The van der Waals surface area contributed by atoms with Crippen LogP contribution < -0.4 is 4.74 Å². The van der Waals surface area contributed by atoms with Gasteiger partial charge in [0.2, 0.25) is 0 Å². The molecule has 2 aromatic heterocycles. The van der Waals surface area contributed by atoms with E-state index in [0.29, 0.717) is 5.82 Å².